The molecule has 16 heavy (non-hydrogen) atoms. The van der Waals surface area contributed by atoms with Crippen LogP contribution >= 0.6 is 0 Å². The van der Waals surface area contributed by atoms with E-state index in [1.165, 1.54) is 19.3 Å². The SMILES string of the molecule is CNCC(=O)N1C[C@@H]2CCCC[C@@]2(CO)C1. The zero-order valence-electron chi connectivity index (χ0n) is 10.0. The van der Waals surface area contributed by atoms with E-state index >= 15 is 0 Å². The molecule has 1 saturated carbocycles. The van der Waals surface area contributed by atoms with Crippen molar-refractivity contribution in [1.29, 1.82) is 0 Å². The second kappa shape index (κ2) is 4.72. The van der Waals surface area contributed by atoms with Gasteiger partial charge in [-0.2, -0.15) is 0 Å². The molecule has 0 aromatic heterocycles. The van der Waals surface area contributed by atoms with Crippen molar-refractivity contribution < 1.29 is 9.90 Å². The Bertz CT molecular complexity index is 270. The summed E-state index contributed by atoms with van der Waals surface area (Å²) in [5.74, 6) is 0.691. The highest BCUT2D eigenvalue weighted by molar-refractivity contribution is 5.78. The number of fused-ring (bicyclic) bond motifs is 1. The first-order valence-corrected chi connectivity index (χ1v) is 6.25. The molecule has 1 heterocycles. The van der Waals surface area contributed by atoms with E-state index in [4.69, 9.17) is 0 Å². The lowest BCUT2D eigenvalue weighted by molar-refractivity contribution is -0.129. The van der Waals surface area contributed by atoms with Gasteiger partial charge in [0.15, 0.2) is 0 Å². The summed E-state index contributed by atoms with van der Waals surface area (Å²) in [7, 11) is 1.79. The second-order valence-electron chi connectivity index (χ2n) is 5.27. The molecule has 0 aromatic rings. The van der Waals surface area contributed by atoms with Crippen LogP contribution in [0, 0.1) is 11.3 Å². The number of nitrogens with zero attached hydrogens (tertiary/aromatic N) is 1. The molecule has 2 N–H and O–H groups in total. The fourth-order valence-electron chi connectivity index (χ4n) is 3.29. The molecule has 1 aliphatic heterocycles. The molecule has 4 nitrogen and oxygen atoms in total. The number of carbonyl (C=O) groups is 1. The number of aliphatic hydroxyl groups excluding tert-OH is 1. The minimum atomic E-state index is 0.0155. The molecule has 2 aliphatic rings. The van der Waals surface area contributed by atoms with Gasteiger partial charge in [-0.1, -0.05) is 12.8 Å². The summed E-state index contributed by atoms with van der Waals surface area (Å²) < 4.78 is 0. The summed E-state index contributed by atoms with van der Waals surface area (Å²) in [6.45, 7) is 2.25. The van der Waals surface area contributed by atoms with Crippen molar-refractivity contribution in [2.24, 2.45) is 11.3 Å². The lowest BCUT2D eigenvalue weighted by Crippen LogP contribution is -2.39. The maximum Gasteiger partial charge on any atom is 0.236 e. The molecular formula is C12H22N2O2. The highest BCUT2D eigenvalue weighted by atomic mass is 16.3. The van der Waals surface area contributed by atoms with Crippen LogP contribution in [-0.2, 0) is 4.79 Å². The van der Waals surface area contributed by atoms with E-state index in [0.29, 0.717) is 12.5 Å². The molecule has 0 unspecified atom stereocenters. The Morgan fingerprint density at radius 2 is 2.38 bits per heavy atom. The van der Waals surface area contributed by atoms with Crippen molar-refractivity contribution in [1.82, 2.24) is 10.2 Å². The van der Waals surface area contributed by atoms with Crippen molar-refractivity contribution in [3.63, 3.8) is 0 Å². The Labute approximate surface area is 97.0 Å². The Morgan fingerprint density at radius 1 is 1.56 bits per heavy atom. The summed E-state index contributed by atoms with van der Waals surface area (Å²) in [6, 6.07) is 0. The van der Waals surface area contributed by atoms with Crippen LogP contribution in [-0.4, -0.2) is 49.2 Å². The van der Waals surface area contributed by atoms with Gasteiger partial charge in [0.05, 0.1) is 13.2 Å². The standard InChI is InChI=1S/C12H22N2O2/c1-13-6-11(16)14-7-10-4-2-3-5-12(10,8-14)9-15/h10,13,15H,2-9H2,1H3/t10-,12-/m0/s1. The van der Waals surface area contributed by atoms with Gasteiger partial charge in [0.1, 0.15) is 0 Å². The Balaban J connectivity index is 2.04. The molecule has 2 fully saturated rings. The zero-order valence-corrected chi connectivity index (χ0v) is 10.0. The van der Waals surface area contributed by atoms with Crippen LogP contribution in [0.5, 0.6) is 0 Å². The van der Waals surface area contributed by atoms with E-state index in [9.17, 15) is 9.90 Å². The van der Waals surface area contributed by atoms with Crippen LogP contribution in [0.15, 0.2) is 0 Å². The lowest BCUT2D eigenvalue weighted by Gasteiger charge is -2.36. The third kappa shape index (κ3) is 1.96. The molecule has 0 spiro atoms. The van der Waals surface area contributed by atoms with Crippen molar-refractivity contribution in [2.45, 2.75) is 25.7 Å². The summed E-state index contributed by atoms with van der Waals surface area (Å²) in [5.41, 5.74) is 0.0155. The number of hydrogen-bond donors (Lipinski definition) is 2. The normalized spacial score (nSPS) is 33.9. The van der Waals surface area contributed by atoms with Crippen LogP contribution in [0.3, 0.4) is 0 Å². The fraction of sp³-hybridized carbons (Fsp3) is 0.917. The molecule has 2 rings (SSSR count). The monoisotopic (exact) mass is 226 g/mol. The van der Waals surface area contributed by atoms with Gasteiger partial charge in [0, 0.05) is 18.5 Å². The number of likely N-dealkylation sites (N-methyl/N-ethyl adjacent to an activating group) is 1. The number of aliphatic hydroxyl groups is 1. The minimum absolute atomic E-state index is 0.0155. The maximum atomic E-state index is 11.8. The highest BCUT2D eigenvalue weighted by Crippen LogP contribution is 2.46. The lowest BCUT2D eigenvalue weighted by atomic mass is 9.69. The van der Waals surface area contributed by atoms with Gasteiger partial charge in [-0.05, 0) is 25.8 Å². The number of nitrogens with one attached hydrogen (secondary N) is 1. The van der Waals surface area contributed by atoms with Crippen LogP contribution < -0.4 is 5.32 Å². The zero-order chi connectivity index (χ0) is 11.6. The average Bonchev–Trinajstić information content (AvgIpc) is 2.69. The molecule has 1 aliphatic carbocycles. The summed E-state index contributed by atoms with van der Waals surface area (Å²) >= 11 is 0. The predicted octanol–water partition coefficient (Wildman–Crippen LogP) is 0.217. The summed E-state index contributed by atoms with van der Waals surface area (Å²) in [4.78, 5) is 13.8. The van der Waals surface area contributed by atoms with Crippen molar-refractivity contribution in [3.05, 3.63) is 0 Å². The largest absolute Gasteiger partial charge is 0.396 e. The Kier molecular flexibility index (Phi) is 3.50. The first-order chi connectivity index (χ1) is 7.72. The number of likely N-dealkylation sites (tertiary alicyclic amines) is 1. The fourth-order valence-corrected chi connectivity index (χ4v) is 3.29. The van der Waals surface area contributed by atoms with Gasteiger partial charge >= 0.3 is 0 Å². The van der Waals surface area contributed by atoms with Gasteiger partial charge < -0.3 is 15.3 Å². The third-order valence-corrected chi connectivity index (χ3v) is 4.29. The Morgan fingerprint density at radius 3 is 3.00 bits per heavy atom. The van der Waals surface area contributed by atoms with E-state index in [-0.39, 0.29) is 17.9 Å². The smallest absolute Gasteiger partial charge is 0.236 e. The summed E-state index contributed by atoms with van der Waals surface area (Å²) in [5, 5.41) is 12.5. The van der Waals surface area contributed by atoms with Gasteiger partial charge in [-0.15, -0.1) is 0 Å². The van der Waals surface area contributed by atoms with E-state index in [0.717, 1.165) is 19.5 Å². The average molecular weight is 226 g/mol. The molecule has 1 amide bonds. The molecular weight excluding hydrogens is 204 g/mol. The first-order valence-electron chi connectivity index (χ1n) is 6.25. The van der Waals surface area contributed by atoms with Gasteiger partial charge in [0.2, 0.25) is 5.91 Å². The van der Waals surface area contributed by atoms with E-state index < -0.39 is 0 Å². The first kappa shape index (κ1) is 11.9. The molecule has 0 bridgehead atoms. The van der Waals surface area contributed by atoms with Crippen molar-refractivity contribution >= 4 is 5.91 Å². The van der Waals surface area contributed by atoms with Crippen LogP contribution in [0.25, 0.3) is 0 Å². The Hall–Kier alpha value is -0.610. The van der Waals surface area contributed by atoms with E-state index in [1.807, 2.05) is 4.90 Å². The van der Waals surface area contributed by atoms with Crippen molar-refractivity contribution in [3.8, 4) is 0 Å². The number of rotatable bonds is 3. The van der Waals surface area contributed by atoms with Crippen molar-refractivity contribution in [2.75, 3.05) is 33.3 Å². The second-order valence-corrected chi connectivity index (χ2v) is 5.27. The van der Waals surface area contributed by atoms with Gasteiger partial charge in [-0.3, -0.25) is 4.79 Å². The molecule has 2 atom stereocenters. The number of amides is 1. The highest BCUT2D eigenvalue weighted by Gasteiger charge is 2.48. The van der Waals surface area contributed by atoms with Crippen LogP contribution in [0.4, 0.5) is 0 Å². The van der Waals surface area contributed by atoms with Gasteiger partial charge in [-0.25, -0.2) is 0 Å². The third-order valence-electron chi connectivity index (χ3n) is 4.29. The molecule has 4 heteroatoms. The maximum absolute atomic E-state index is 11.8. The predicted molar refractivity (Wildman–Crippen MR) is 62.0 cm³/mol. The van der Waals surface area contributed by atoms with Crippen LogP contribution in [0.2, 0.25) is 0 Å². The molecule has 0 radical (unpaired) electrons. The van der Waals surface area contributed by atoms with Crippen LogP contribution in [0.1, 0.15) is 25.7 Å². The number of carbonyl (C=O) groups excluding carboxylic acids is 1. The van der Waals surface area contributed by atoms with E-state index in [2.05, 4.69) is 5.32 Å². The van der Waals surface area contributed by atoms with Gasteiger partial charge in [0.25, 0.3) is 0 Å². The summed E-state index contributed by atoms with van der Waals surface area (Å²) in [6.07, 6.45) is 4.70. The molecule has 0 aromatic carbocycles. The molecule has 92 valence electrons. The number of hydrogen-bond acceptors (Lipinski definition) is 3. The quantitative estimate of drug-likeness (QED) is 0.723. The minimum Gasteiger partial charge on any atom is -0.396 e. The molecule has 1 saturated heterocycles. The van der Waals surface area contributed by atoms with E-state index in [1.54, 1.807) is 7.05 Å². The topological polar surface area (TPSA) is 52.6 Å².